The molecule has 0 radical (unpaired) electrons. The Balaban J connectivity index is 3.82. The summed E-state index contributed by atoms with van der Waals surface area (Å²) >= 11 is 0. The van der Waals surface area contributed by atoms with Crippen molar-refractivity contribution in [2.75, 3.05) is 72.0 Å². The molecule has 1 atom stereocenters. The summed E-state index contributed by atoms with van der Waals surface area (Å²) in [5.74, 6) is 0. The van der Waals surface area contributed by atoms with Crippen molar-refractivity contribution < 1.29 is 0 Å². The van der Waals surface area contributed by atoms with Crippen molar-refractivity contribution in [2.24, 2.45) is 17.2 Å². The number of nitrogens with two attached hydrogens (primary N) is 3. The van der Waals surface area contributed by atoms with Crippen LogP contribution in [-0.2, 0) is 0 Å². The first-order valence-electron chi connectivity index (χ1n) is 8.22. The SMILES string of the molecule is CC(CCN)NCCN(CCNCCN)CCNCCN. The average molecular weight is 303 g/mol. The largest absolute Gasteiger partial charge is 0.330 e. The van der Waals surface area contributed by atoms with Crippen LogP contribution in [-0.4, -0.2) is 82.9 Å². The molecule has 0 fully saturated rings. The Hall–Kier alpha value is -0.280. The molecule has 0 aromatic carbocycles. The van der Waals surface area contributed by atoms with Crippen LogP contribution in [0.1, 0.15) is 13.3 Å². The molecule has 7 heteroatoms. The van der Waals surface area contributed by atoms with E-state index in [0.29, 0.717) is 19.1 Å². The Kier molecular flexibility index (Phi) is 15.9. The van der Waals surface area contributed by atoms with Crippen molar-refractivity contribution in [3.05, 3.63) is 0 Å². The molecule has 0 amide bonds. The lowest BCUT2D eigenvalue weighted by Gasteiger charge is -2.24. The maximum atomic E-state index is 5.56. The van der Waals surface area contributed by atoms with E-state index in [9.17, 15) is 0 Å². The molecule has 0 aliphatic carbocycles. The summed E-state index contributed by atoms with van der Waals surface area (Å²) in [6.07, 6.45) is 1.02. The van der Waals surface area contributed by atoms with Crippen LogP contribution in [0.5, 0.6) is 0 Å². The predicted octanol–water partition coefficient (Wildman–Crippen LogP) is -2.29. The molecule has 128 valence electrons. The molecule has 9 N–H and O–H groups in total. The van der Waals surface area contributed by atoms with Crippen molar-refractivity contribution >= 4 is 0 Å². The molecule has 21 heavy (non-hydrogen) atoms. The third kappa shape index (κ3) is 14.4. The summed E-state index contributed by atoms with van der Waals surface area (Å²) in [6.45, 7) is 12.1. The second kappa shape index (κ2) is 16.1. The molecule has 0 aliphatic rings. The summed E-state index contributed by atoms with van der Waals surface area (Å²) in [5, 5.41) is 10.2. The fraction of sp³-hybridized carbons (Fsp3) is 1.00. The van der Waals surface area contributed by atoms with E-state index in [1.165, 1.54) is 0 Å². The fourth-order valence-corrected chi connectivity index (χ4v) is 2.09. The van der Waals surface area contributed by atoms with E-state index in [2.05, 4.69) is 27.8 Å². The molecular formula is C14H37N7. The van der Waals surface area contributed by atoms with Crippen molar-refractivity contribution in [1.82, 2.24) is 20.9 Å². The highest BCUT2D eigenvalue weighted by molar-refractivity contribution is 4.67. The zero-order valence-electron chi connectivity index (χ0n) is 13.7. The monoisotopic (exact) mass is 303 g/mol. The summed E-state index contributed by atoms with van der Waals surface area (Å²) in [4.78, 5) is 2.45. The first kappa shape index (κ1) is 20.7. The van der Waals surface area contributed by atoms with Gasteiger partial charge >= 0.3 is 0 Å². The van der Waals surface area contributed by atoms with Gasteiger partial charge in [0.2, 0.25) is 0 Å². The summed E-state index contributed by atoms with van der Waals surface area (Å²) in [7, 11) is 0. The van der Waals surface area contributed by atoms with Gasteiger partial charge in [0.15, 0.2) is 0 Å². The van der Waals surface area contributed by atoms with Gasteiger partial charge < -0.3 is 33.2 Å². The summed E-state index contributed by atoms with van der Waals surface area (Å²) in [5.41, 5.74) is 16.5. The molecule has 0 aromatic heterocycles. The third-order valence-corrected chi connectivity index (χ3v) is 3.37. The highest BCUT2D eigenvalue weighted by Crippen LogP contribution is 1.89. The topological polar surface area (TPSA) is 117 Å². The molecule has 0 aliphatic heterocycles. The van der Waals surface area contributed by atoms with E-state index in [-0.39, 0.29) is 0 Å². The van der Waals surface area contributed by atoms with Gasteiger partial charge in [0, 0.05) is 71.5 Å². The van der Waals surface area contributed by atoms with Crippen molar-refractivity contribution in [3.63, 3.8) is 0 Å². The molecule has 0 bridgehead atoms. The predicted molar refractivity (Wildman–Crippen MR) is 91.4 cm³/mol. The zero-order chi connectivity index (χ0) is 15.8. The third-order valence-electron chi connectivity index (χ3n) is 3.37. The quantitative estimate of drug-likeness (QED) is 0.178. The maximum Gasteiger partial charge on any atom is 0.0108 e. The molecule has 0 spiro atoms. The maximum absolute atomic E-state index is 5.56. The van der Waals surface area contributed by atoms with E-state index in [4.69, 9.17) is 17.2 Å². The van der Waals surface area contributed by atoms with Crippen LogP contribution in [0, 0.1) is 0 Å². The molecule has 1 unspecified atom stereocenters. The molecule has 0 rings (SSSR count). The Morgan fingerprint density at radius 3 is 1.76 bits per heavy atom. The van der Waals surface area contributed by atoms with Gasteiger partial charge in [0.25, 0.3) is 0 Å². The second-order valence-corrected chi connectivity index (χ2v) is 5.35. The number of nitrogens with zero attached hydrogens (tertiary/aromatic N) is 1. The van der Waals surface area contributed by atoms with Crippen LogP contribution in [0.4, 0.5) is 0 Å². The lowest BCUT2D eigenvalue weighted by molar-refractivity contribution is 0.268. The van der Waals surface area contributed by atoms with Gasteiger partial charge in [-0.3, -0.25) is 4.90 Å². The van der Waals surface area contributed by atoms with Gasteiger partial charge in [0.05, 0.1) is 0 Å². The van der Waals surface area contributed by atoms with E-state index in [0.717, 1.165) is 65.3 Å². The Labute approximate surface area is 130 Å². The van der Waals surface area contributed by atoms with Crippen LogP contribution in [0.25, 0.3) is 0 Å². The number of rotatable bonds is 16. The minimum absolute atomic E-state index is 0.489. The Bertz CT molecular complexity index is 192. The highest BCUT2D eigenvalue weighted by Gasteiger charge is 2.05. The van der Waals surface area contributed by atoms with Crippen molar-refractivity contribution in [1.29, 1.82) is 0 Å². The van der Waals surface area contributed by atoms with Gasteiger partial charge in [-0.2, -0.15) is 0 Å². The number of hydrogen-bond acceptors (Lipinski definition) is 7. The number of nitrogens with one attached hydrogen (secondary N) is 3. The number of hydrogen-bond donors (Lipinski definition) is 6. The van der Waals surface area contributed by atoms with E-state index in [1.54, 1.807) is 0 Å². The second-order valence-electron chi connectivity index (χ2n) is 5.35. The van der Waals surface area contributed by atoms with Crippen LogP contribution < -0.4 is 33.2 Å². The van der Waals surface area contributed by atoms with Crippen LogP contribution >= 0.6 is 0 Å². The van der Waals surface area contributed by atoms with E-state index < -0.39 is 0 Å². The van der Waals surface area contributed by atoms with Gasteiger partial charge in [-0.05, 0) is 19.9 Å². The first-order valence-corrected chi connectivity index (χ1v) is 8.22. The smallest absolute Gasteiger partial charge is 0.0108 e. The lowest BCUT2D eigenvalue weighted by Crippen LogP contribution is -2.43. The molecule has 0 heterocycles. The summed E-state index contributed by atoms with van der Waals surface area (Å²) < 4.78 is 0. The minimum Gasteiger partial charge on any atom is -0.330 e. The van der Waals surface area contributed by atoms with Gasteiger partial charge in [-0.15, -0.1) is 0 Å². The van der Waals surface area contributed by atoms with Crippen LogP contribution in [0.15, 0.2) is 0 Å². The lowest BCUT2D eigenvalue weighted by atomic mass is 10.2. The van der Waals surface area contributed by atoms with Gasteiger partial charge in [-0.1, -0.05) is 0 Å². The van der Waals surface area contributed by atoms with Crippen molar-refractivity contribution in [3.8, 4) is 0 Å². The van der Waals surface area contributed by atoms with E-state index >= 15 is 0 Å². The minimum atomic E-state index is 0.489. The zero-order valence-corrected chi connectivity index (χ0v) is 13.7. The standard InChI is InChI=1S/C14H37N7/c1-14(2-3-15)20-10-13-21(11-8-18-6-4-16)12-9-19-7-5-17/h14,18-20H,2-13,15-17H2,1H3. The van der Waals surface area contributed by atoms with Crippen LogP contribution in [0.3, 0.4) is 0 Å². The molecular weight excluding hydrogens is 266 g/mol. The van der Waals surface area contributed by atoms with Gasteiger partial charge in [-0.25, -0.2) is 0 Å². The molecule has 0 saturated heterocycles. The normalized spacial score (nSPS) is 13.0. The van der Waals surface area contributed by atoms with Crippen molar-refractivity contribution in [2.45, 2.75) is 19.4 Å². The Morgan fingerprint density at radius 1 is 0.762 bits per heavy atom. The molecule has 0 saturated carbocycles. The van der Waals surface area contributed by atoms with Gasteiger partial charge in [0.1, 0.15) is 0 Å². The Morgan fingerprint density at radius 2 is 1.29 bits per heavy atom. The fourth-order valence-electron chi connectivity index (χ4n) is 2.09. The van der Waals surface area contributed by atoms with Crippen LogP contribution in [0.2, 0.25) is 0 Å². The molecule has 7 nitrogen and oxygen atoms in total. The average Bonchev–Trinajstić information content (AvgIpc) is 2.47. The van der Waals surface area contributed by atoms with E-state index in [1.807, 2.05) is 0 Å². The molecule has 0 aromatic rings. The highest BCUT2D eigenvalue weighted by atomic mass is 15.2. The summed E-state index contributed by atoms with van der Waals surface area (Å²) in [6, 6.07) is 0.489. The first-order chi connectivity index (χ1) is 10.2.